The number of aliphatic hydroxyl groups is 1. The smallest absolute Gasteiger partial charge is 0.144 e. The van der Waals surface area contributed by atoms with E-state index in [-0.39, 0.29) is 6.61 Å². The van der Waals surface area contributed by atoms with E-state index in [4.69, 9.17) is 9.47 Å². The molecular weight excluding hydrogens is 244 g/mol. The Bertz CT molecular complexity index is 591. The summed E-state index contributed by atoms with van der Waals surface area (Å²) in [6, 6.07) is 5.58. The van der Waals surface area contributed by atoms with Gasteiger partial charge in [-0.05, 0) is 19.1 Å². The Balaban J connectivity index is 2.58. The van der Waals surface area contributed by atoms with Crippen molar-refractivity contribution in [3.05, 3.63) is 29.6 Å². The second kappa shape index (κ2) is 5.32. The molecule has 0 amide bonds. The maximum Gasteiger partial charge on any atom is 0.144 e. The van der Waals surface area contributed by atoms with Crippen LogP contribution in [-0.2, 0) is 13.7 Å². The topological polar surface area (TPSA) is 56.5 Å². The van der Waals surface area contributed by atoms with E-state index in [1.54, 1.807) is 14.2 Å². The first kappa shape index (κ1) is 13.4. The highest BCUT2D eigenvalue weighted by Crippen LogP contribution is 2.33. The zero-order valence-corrected chi connectivity index (χ0v) is 11.6. The Morgan fingerprint density at radius 2 is 2.00 bits per heavy atom. The summed E-state index contributed by atoms with van der Waals surface area (Å²) in [6.07, 6.45) is 0. The van der Waals surface area contributed by atoms with Crippen molar-refractivity contribution >= 4 is 0 Å². The van der Waals surface area contributed by atoms with Crippen molar-refractivity contribution in [3.63, 3.8) is 0 Å². The van der Waals surface area contributed by atoms with Crippen molar-refractivity contribution in [1.29, 1.82) is 0 Å². The molecule has 0 fully saturated rings. The second-order valence-electron chi connectivity index (χ2n) is 4.25. The number of aromatic nitrogens is 2. The van der Waals surface area contributed by atoms with Gasteiger partial charge in [0.15, 0.2) is 0 Å². The molecule has 1 aromatic heterocycles. The number of aryl methyl sites for hydroxylation is 1. The summed E-state index contributed by atoms with van der Waals surface area (Å²) in [5.74, 6) is 2.19. The van der Waals surface area contributed by atoms with E-state index in [1.165, 1.54) is 0 Å². The molecule has 0 atom stereocenters. The van der Waals surface area contributed by atoms with Crippen LogP contribution in [0.1, 0.15) is 11.4 Å². The second-order valence-corrected chi connectivity index (χ2v) is 4.25. The lowest BCUT2D eigenvalue weighted by atomic mass is 10.1. The third kappa shape index (κ3) is 2.29. The van der Waals surface area contributed by atoms with Gasteiger partial charge < -0.3 is 19.1 Å². The number of imidazole rings is 1. The molecule has 5 heteroatoms. The van der Waals surface area contributed by atoms with Crippen LogP contribution in [0.25, 0.3) is 11.4 Å². The van der Waals surface area contributed by atoms with Crippen molar-refractivity contribution in [2.24, 2.45) is 7.05 Å². The molecule has 1 aromatic carbocycles. The molecule has 1 N–H and O–H groups in total. The predicted molar refractivity (Wildman–Crippen MR) is 72.4 cm³/mol. The number of hydrogen-bond acceptors (Lipinski definition) is 4. The number of benzene rings is 1. The van der Waals surface area contributed by atoms with Crippen LogP contribution in [0.2, 0.25) is 0 Å². The van der Waals surface area contributed by atoms with Crippen molar-refractivity contribution in [3.8, 4) is 22.9 Å². The van der Waals surface area contributed by atoms with Gasteiger partial charge >= 0.3 is 0 Å². The molecule has 0 unspecified atom stereocenters. The van der Waals surface area contributed by atoms with E-state index >= 15 is 0 Å². The summed E-state index contributed by atoms with van der Waals surface area (Å²) < 4.78 is 12.4. The Morgan fingerprint density at radius 3 is 2.53 bits per heavy atom. The highest BCUT2D eigenvalue weighted by Gasteiger charge is 2.16. The lowest BCUT2D eigenvalue weighted by molar-refractivity contribution is 0.272. The molecule has 0 aliphatic rings. The molecule has 0 aliphatic carbocycles. The van der Waals surface area contributed by atoms with Gasteiger partial charge in [-0.15, -0.1) is 0 Å². The van der Waals surface area contributed by atoms with Gasteiger partial charge in [0.2, 0.25) is 0 Å². The predicted octanol–water partition coefficient (Wildman–Crippen LogP) is 1.91. The molecule has 19 heavy (non-hydrogen) atoms. The number of aliphatic hydroxyl groups excluding tert-OH is 1. The molecule has 0 aliphatic heterocycles. The van der Waals surface area contributed by atoms with Crippen LogP contribution in [-0.4, -0.2) is 28.9 Å². The van der Waals surface area contributed by atoms with Crippen molar-refractivity contribution < 1.29 is 14.6 Å². The first-order valence-corrected chi connectivity index (χ1v) is 5.97. The maximum absolute atomic E-state index is 9.36. The van der Waals surface area contributed by atoms with Gasteiger partial charge in [0.25, 0.3) is 0 Å². The fourth-order valence-corrected chi connectivity index (χ4v) is 2.11. The molecule has 2 rings (SSSR count). The van der Waals surface area contributed by atoms with E-state index in [1.807, 2.05) is 36.7 Å². The normalized spacial score (nSPS) is 10.6. The largest absolute Gasteiger partial charge is 0.497 e. The van der Waals surface area contributed by atoms with Gasteiger partial charge in [-0.25, -0.2) is 4.98 Å². The fraction of sp³-hybridized carbons (Fsp3) is 0.357. The fourth-order valence-electron chi connectivity index (χ4n) is 2.11. The van der Waals surface area contributed by atoms with Crippen molar-refractivity contribution in [2.45, 2.75) is 13.5 Å². The highest BCUT2D eigenvalue weighted by molar-refractivity contribution is 5.67. The molecule has 1 heterocycles. The molecular formula is C14H18N2O3. The summed E-state index contributed by atoms with van der Waals surface area (Å²) in [7, 11) is 5.11. The maximum atomic E-state index is 9.36. The summed E-state index contributed by atoms with van der Waals surface area (Å²) in [6.45, 7) is 1.85. The molecule has 0 spiro atoms. The average molecular weight is 262 g/mol. The molecule has 2 aromatic rings. The number of nitrogens with zero attached hydrogens (tertiary/aromatic N) is 2. The van der Waals surface area contributed by atoms with Crippen LogP contribution in [0.15, 0.2) is 18.2 Å². The third-order valence-corrected chi connectivity index (χ3v) is 3.21. The summed E-state index contributed by atoms with van der Waals surface area (Å²) in [5, 5.41) is 9.36. The Kier molecular flexibility index (Phi) is 3.76. The third-order valence-electron chi connectivity index (χ3n) is 3.21. The molecule has 0 saturated heterocycles. The molecule has 0 radical (unpaired) electrons. The van der Waals surface area contributed by atoms with E-state index < -0.39 is 0 Å². The Hall–Kier alpha value is -2.01. The van der Waals surface area contributed by atoms with Crippen LogP contribution in [0, 0.1) is 6.92 Å². The number of methoxy groups -OCH3 is 2. The average Bonchev–Trinajstić information content (AvgIpc) is 2.72. The van der Waals surface area contributed by atoms with Crippen LogP contribution in [0.5, 0.6) is 11.5 Å². The van der Waals surface area contributed by atoms with Crippen LogP contribution in [0.3, 0.4) is 0 Å². The monoisotopic (exact) mass is 262 g/mol. The van der Waals surface area contributed by atoms with E-state index in [0.717, 1.165) is 28.5 Å². The number of rotatable bonds is 4. The molecule has 5 nitrogen and oxygen atoms in total. The van der Waals surface area contributed by atoms with Crippen LogP contribution >= 0.6 is 0 Å². The minimum Gasteiger partial charge on any atom is -0.497 e. The first-order valence-electron chi connectivity index (χ1n) is 5.97. The Morgan fingerprint density at radius 1 is 1.26 bits per heavy atom. The highest BCUT2D eigenvalue weighted by atomic mass is 16.5. The van der Waals surface area contributed by atoms with E-state index in [9.17, 15) is 5.11 Å². The van der Waals surface area contributed by atoms with E-state index in [0.29, 0.717) is 5.75 Å². The standard InChI is InChI=1S/C14H18N2O3/c1-9-12(8-17)16(2)14(15-9)11-6-5-10(18-3)7-13(11)19-4/h5-7,17H,8H2,1-4H3. The molecule has 0 saturated carbocycles. The van der Waals surface area contributed by atoms with Gasteiger partial charge in [-0.1, -0.05) is 0 Å². The van der Waals surface area contributed by atoms with Crippen molar-refractivity contribution in [1.82, 2.24) is 9.55 Å². The lowest BCUT2D eigenvalue weighted by Gasteiger charge is -2.10. The van der Waals surface area contributed by atoms with Crippen LogP contribution < -0.4 is 9.47 Å². The zero-order valence-electron chi connectivity index (χ0n) is 11.6. The van der Waals surface area contributed by atoms with Gasteiger partial charge in [0, 0.05) is 13.1 Å². The summed E-state index contributed by atoms with van der Waals surface area (Å²) >= 11 is 0. The van der Waals surface area contributed by atoms with Gasteiger partial charge in [0.1, 0.15) is 17.3 Å². The number of ether oxygens (including phenoxy) is 2. The molecule has 102 valence electrons. The lowest BCUT2D eigenvalue weighted by Crippen LogP contribution is -2.00. The first-order chi connectivity index (χ1) is 9.12. The van der Waals surface area contributed by atoms with Crippen molar-refractivity contribution in [2.75, 3.05) is 14.2 Å². The quantitative estimate of drug-likeness (QED) is 0.914. The minimum atomic E-state index is -0.0339. The Labute approximate surface area is 112 Å². The van der Waals surface area contributed by atoms with E-state index in [2.05, 4.69) is 4.98 Å². The summed E-state index contributed by atoms with van der Waals surface area (Å²) in [4.78, 5) is 4.50. The summed E-state index contributed by atoms with van der Waals surface area (Å²) in [5.41, 5.74) is 2.49. The SMILES string of the molecule is COc1ccc(-c2nc(C)c(CO)n2C)c(OC)c1. The molecule has 0 bridgehead atoms. The van der Waals surface area contributed by atoms with Gasteiger partial charge in [-0.3, -0.25) is 0 Å². The minimum absolute atomic E-state index is 0.0339. The van der Waals surface area contributed by atoms with Crippen LogP contribution in [0.4, 0.5) is 0 Å². The van der Waals surface area contributed by atoms with Gasteiger partial charge in [0.05, 0.1) is 37.8 Å². The number of hydrogen-bond donors (Lipinski definition) is 1. The zero-order chi connectivity index (χ0) is 14.0. The van der Waals surface area contributed by atoms with Gasteiger partial charge in [-0.2, -0.15) is 0 Å².